The molecule has 0 bridgehead atoms. The summed E-state index contributed by atoms with van der Waals surface area (Å²) in [5.74, 6) is 0. The zero-order valence-corrected chi connectivity index (χ0v) is 8.84. The molecule has 0 aliphatic heterocycles. The zero-order valence-electron chi connectivity index (χ0n) is 8.09. The zero-order chi connectivity index (χ0) is 14.3. The van der Waals surface area contributed by atoms with Gasteiger partial charge in [-0.2, -0.15) is 30.7 Å². The topological polar surface area (TPSA) is 17.1 Å². The van der Waals surface area contributed by atoms with Crippen LogP contribution in [0.4, 0.5) is 30.7 Å². The number of carbonyl (C=O) groups excluding carboxylic acids is 1. The molecular weight excluding hydrogens is 293 g/mol. The molecule has 0 aliphatic rings. The fourth-order valence-electron chi connectivity index (χ4n) is 1.14. The van der Waals surface area contributed by atoms with Gasteiger partial charge in [-0.1, -0.05) is 11.6 Å². The van der Waals surface area contributed by atoms with Gasteiger partial charge in [-0.15, -0.1) is 0 Å². The third-order valence-electron chi connectivity index (χ3n) is 1.92. The molecule has 0 aliphatic carbocycles. The van der Waals surface area contributed by atoms with Gasteiger partial charge in [0, 0.05) is 0 Å². The van der Waals surface area contributed by atoms with Crippen LogP contribution in [0.1, 0.15) is 21.5 Å². The maximum Gasteiger partial charge on any atom is 0.417 e. The molecule has 0 spiro atoms. The van der Waals surface area contributed by atoms with Crippen molar-refractivity contribution in [2.24, 2.45) is 0 Å². The van der Waals surface area contributed by atoms with Gasteiger partial charge in [0.2, 0.25) is 0 Å². The van der Waals surface area contributed by atoms with Crippen LogP contribution in [-0.4, -0.2) is 6.04 Å². The van der Waals surface area contributed by atoms with Crippen molar-refractivity contribution in [2.75, 3.05) is 0 Å². The van der Waals surface area contributed by atoms with Crippen molar-refractivity contribution in [1.29, 1.82) is 0 Å². The van der Waals surface area contributed by atoms with Crippen molar-refractivity contribution in [3.8, 4) is 0 Å². The number of carbonyl (C=O) groups is 1. The van der Waals surface area contributed by atoms with Gasteiger partial charge in [-0.05, 0) is 12.1 Å². The molecule has 0 saturated heterocycles. The molecule has 0 atom stereocenters. The quantitative estimate of drug-likeness (QED) is 0.551. The van der Waals surface area contributed by atoms with Gasteiger partial charge < -0.3 is 0 Å². The number of rotatable bonds is 1. The summed E-state index contributed by atoms with van der Waals surface area (Å²) in [6, 6.07) is -2.83. The molecule has 100 valence electrons. The van der Waals surface area contributed by atoms with E-state index >= 15 is 0 Å². The highest BCUT2D eigenvalue weighted by Gasteiger charge is 2.40. The van der Waals surface area contributed by atoms with E-state index in [4.69, 9.17) is 11.6 Å². The van der Waals surface area contributed by atoms with Crippen LogP contribution in [0.2, 0.25) is 5.02 Å². The van der Waals surface area contributed by atoms with Crippen LogP contribution in [0, 0.1) is 0 Å². The molecule has 1 rings (SSSR count). The first-order valence-corrected chi connectivity index (χ1v) is 4.50. The average Bonchev–Trinajstić information content (AvgIpc) is 2.13. The lowest BCUT2D eigenvalue weighted by Gasteiger charge is -2.14. The smallest absolute Gasteiger partial charge is 0.255 e. The van der Waals surface area contributed by atoms with Crippen molar-refractivity contribution in [2.45, 2.75) is 12.4 Å². The summed E-state index contributed by atoms with van der Waals surface area (Å²) in [7, 11) is 0. The first-order valence-electron chi connectivity index (χ1n) is 4.12. The summed E-state index contributed by atoms with van der Waals surface area (Å²) in [5, 5.41) is -1.40. The van der Waals surface area contributed by atoms with E-state index < -0.39 is 40.1 Å². The SMILES string of the molecule is O=C(F)c1cc(C(F)(F)F)cc(C(F)(F)F)c1Cl. The number of alkyl halides is 6. The molecule has 0 amide bonds. The minimum absolute atomic E-state index is 0.0695. The van der Waals surface area contributed by atoms with Crippen LogP contribution in [0.3, 0.4) is 0 Å². The Labute approximate surface area is 100 Å². The molecule has 1 aromatic rings. The van der Waals surface area contributed by atoms with E-state index in [1.807, 2.05) is 0 Å². The molecule has 0 aromatic heterocycles. The Morgan fingerprint density at radius 3 is 1.83 bits per heavy atom. The lowest BCUT2D eigenvalue weighted by molar-refractivity contribution is -0.143. The van der Waals surface area contributed by atoms with E-state index in [0.29, 0.717) is 0 Å². The van der Waals surface area contributed by atoms with Gasteiger partial charge in [-0.25, -0.2) is 0 Å². The maximum absolute atomic E-state index is 12.4. The van der Waals surface area contributed by atoms with Crippen LogP contribution in [-0.2, 0) is 12.4 Å². The van der Waals surface area contributed by atoms with Crippen molar-refractivity contribution in [3.63, 3.8) is 0 Å². The van der Waals surface area contributed by atoms with Crippen molar-refractivity contribution in [1.82, 2.24) is 0 Å². The van der Waals surface area contributed by atoms with E-state index in [2.05, 4.69) is 0 Å². The van der Waals surface area contributed by atoms with Crippen molar-refractivity contribution in [3.05, 3.63) is 33.8 Å². The van der Waals surface area contributed by atoms with Crippen molar-refractivity contribution < 1.29 is 35.5 Å². The molecule has 0 radical (unpaired) electrons. The van der Waals surface area contributed by atoms with E-state index in [0.717, 1.165) is 0 Å². The highest BCUT2D eigenvalue weighted by Crippen LogP contribution is 2.41. The Kier molecular flexibility index (Phi) is 3.62. The molecule has 0 unspecified atom stereocenters. The second kappa shape index (κ2) is 4.42. The summed E-state index contributed by atoms with van der Waals surface area (Å²) in [6.45, 7) is 0. The molecule has 1 aromatic carbocycles. The summed E-state index contributed by atoms with van der Waals surface area (Å²) < 4.78 is 86.4. The van der Waals surface area contributed by atoms with Crippen LogP contribution in [0.25, 0.3) is 0 Å². The molecule has 0 N–H and O–H groups in total. The first kappa shape index (κ1) is 14.7. The minimum Gasteiger partial charge on any atom is -0.255 e. The second-order valence-corrected chi connectivity index (χ2v) is 3.53. The van der Waals surface area contributed by atoms with Gasteiger partial charge in [-0.3, -0.25) is 4.79 Å². The number of benzene rings is 1. The minimum atomic E-state index is -5.23. The molecule has 0 heterocycles. The molecule has 0 saturated carbocycles. The Morgan fingerprint density at radius 2 is 1.50 bits per heavy atom. The molecule has 18 heavy (non-hydrogen) atoms. The summed E-state index contributed by atoms with van der Waals surface area (Å²) >= 11 is 5.06. The molecule has 0 fully saturated rings. The monoisotopic (exact) mass is 294 g/mol. The predicted molar refractivity (Wildman–Crippen MR) is 46.9 cm³/mol. The number of hydrogen-bond acceptors (Lipinski definition) is 1. The highest BCUT2D eigenvalue weighted by molar-refractivity contribution is 6.34. The average molecular weight is 295 g/mol. The fraction of sp³-hybridized carbons (Fsp3) is 0.222. The molecule has 1 nitrogen and oxygen atoms in total. The fourth-order valence-corrected chi connectivity index (χ4v) is 1.43. The summed E-state index contributed by atoms with van der Waals surface area (Å²) in [6.07, 6.45) is -10.4. The molecule has 9 heteroatoms. The lowest BCUT2D eigenvalue weighted by Crippen LogP contribution is -2.13. The van der Waals surface area contributed by atoms with E-state index in [1.165, 1.54) is 0 Å². The van der Waals surface area contributed by atoms with Gasteiger partial charge in [0.25, 0.3) is 0 Å². The van der Waals surface area contributed by atoms with E-state index in [1.54, 1.807) is 0 Å². The largest absolute Gasteiger partial charge is 0.417 e. The van der Waals surface area contributed by atoms with Crippen LogP contribution < -0.4 is 0 Å². The predicted octanol–water partition coefficient (Wildman–Crippen LogP) is 4.49. The third-order valence-corrected chi connectivity index (χ3v) is 2.32. The number of halogens is 8. The Bertz CT molecular complexity index is 489. The Morgan fingerprint density at radius 1 is 1.00 bits per heavy atom. The van der Waals surface area contributed by atoms with E-state index in [9.17, 15) is 35.5 Å². The highest BCUT2D eigenvalue weighted by atomic mass is 35.5. The normalized spacial score (nSPS) is 12.7. The van der Waals surface area contributed by atoms with Gasteiger partial charge >= 0.3 is 18.4 Å². The second-order valence-electron chi connectivity index (χ2n) is 3.15. The summed E-state index contributed by atoms with van der Waals surface area (Å²) in [4.78, 5) is 10.3. The van der Waals surface area contributed by atoms with Crippen LogP contribution in [0.15, 0.2) is 12.1 Å². The van der Waals surface area contributed by atoms with Crippen molar-refractivity contribution >= 4 is 17.6 Å². The van der Waals surface area contributed by atoms with E-state index in [-0.39, 0.29) is 12.1 Å². The standard InChI is InChI=1S/C9H2ClF7O/c10-6-4(7(11)18)1-3(8(12,13)14)2-5(6)9(15,16)17/h1-2H. The van der Waals surface area contributed by atoms with Gasteiger partial charge in [0.15, 0.2) is 0 Å². The first-order chi connectivity index (χ1) is 7.94. The Hall–Kier alpha value is -1.31. The lowest BCUT2D eigenvalue weighted by atomic mass is 10.0. The van der Waals surface area contributed by atoms with Gasteiger partial charge in [0.1, 0.15) is 0 Å². The Balaban J connectivity index is 3.63. The van der Waals surface area contributed by atoms with Crippen LogP contribution in [0.5, 0.6) is 0 Å². The summed E-state index contributed by atoms with van der Waals surface area (Å²) in [5.41, 5.74) is -5.20. The van der Waals surface area contributed by atoms with Crippen LogP contribution >= 0.6 is 11.6 Å². The maximum atomic E-state index is 12.4. The third kappa shape index (κ3) is 2.92. The molecular formula is C9H2ClF7O. The van der Waals surface area contributed by atoms with Gasteiger partial charge in [0.05, 0.1) is 21.7 Å². The number of hydrogen-bond donors (Lipinski definition) is 0.